The van der Waals surface area contributed by atoms with Gasteiger partial charge in [-0.25, -0.2) is 0 Å². The number of ether oxygens (including phenoxy) is 1. The first-order valence-corrected chi connectivity index (χ1v) is 7.22. The van der Waals surface area contributed by atoms with Crippen molar-refractivity contribution in [2.75, 3.05) is 12.4 Å². The number of carboxylic acids is 1. The molecule has 1 aliphatic rings. The number of aliphatic carboxylic acids is 1. The third-order valence-electron chi connectivity index (χ3n) is 3.92. The Balaban J connectivity index is 2.04. The number of carboxylic acid groups (broad SMARTS) is 1. The molecule has 1 aromatic carbocycles. The van der Waals surface area contributed by atoms with E-state index in [1.165, 1.54) is 0 Å². The lowest BCUT2D eigenvalue weighted by Gasteiger charge is -2.28. The molecule has 0 radical (unpaired) electrons. The number of hydrogen-bond acceptors (Lipinski definition) is 3. The maximum absolute atomic E-state index is 10.9. The number of aryl methyl sites for hydroxylation is 1. The molecule has 5 heteroatoms. The van der Waals surface area contributed by atoms with E-state index in [-0.39, 0.29) is 5.92 Å². The molecule has 0 bridgehead atoms. The molecule has 0 aliphatic heterocycles. The summed E-state index contributed by atoms with van der Waals surface area (Å²) in [7, 11) is 1.62. The highest BCUT2D eigenvalue weighted by Gasteiger charge is 2.26. The van der Waals surface area contributed by atoms with Gasteiger partial charge < -0.3 is 15.2 Å². The third kappa shape index (κ3) is 3.37. The SMILES string of the molecule is COc1cc(Cl)c(C)cc1NC1CCC(C(=O)O)CC1. The van der Waals surface area contributed by atoms with Crippen molar-refractivity contribution in [1.82, 2.24) is 0 Å². The smallest absolute Gasteiger partial charge is 0.306 e. The predicted molar refractivity (Wildman–Crippen MR) is 79.7 cm³/mol. The second-order valence-electron chi connectivity index (χ2n) is 5.33. The summed E-state index contributed by atoms with van der Waals surface area (Å²) in [5.74, 6) is -0.147. The lowest BCUT2D eigenvalue weighted by atomic mass is 9.86. The number of rotatable bonds is 4. The first kappa shape index (κ1) is 15.0. The summed E-state index contributed by atoms with van der Waals surface area (Å²) in [4.78, 5) is 10.9. The van der Waals surface area contributed by atoms with Crippen LogP contribution in [0.1, 0.15) is 31.2 Å². The maximum Gasteiger partial charge on any atom is 0.306 e. The molecule has 1 fully saturated rings. The van der Waals surface area contributed by atoms with Crippen LogP contribution >= 0.6 is 11.6 Å². The van der Waals surface area contributed by atoms with Crippen LogP contribution in [0.2, 0.25) is 5.02 Å². The molecule has 0 unspecified atom stereocenters. The number of methoxy groups -OCH3 is 1. The minimum atomic E-state index is -0.677. The van der Waals surface area contributed by atoms with Crippen molar-refractivity contribution in [2.24, 2.45) is 5.92 Å². The van der Waals surface area contributed by atoms with Gasteiger partial charge in [0.05, 0.1) is 18.7 Å². The van der Waals surface area contributed by atoms with E-state index in [0.717, 1.165) is 42.7 Å². The van der Waals surface area contributed by atoms with Crippen LogP contribution in [0.4, 0.5) is 5.69 Å². The van der Waals surface area contributed by atoms with Crippen LogP contribution in [0, 0.1) is 12.8 Å². The summed E-state index contributed by atoms with van der Waals surface area (Å²) in [6.07, 6.45) is 3.17. The van der Waals surface area contributed by atoms with Crippen LogP contribution in [0.15, 0.2) is 12.1 Å². The molecule has 2 rings (SSSR count). The Labute approximate surface area is 124 Å². The van der Waals surface area contributed by atoms with Gasteiger partial charge in [-0.2, -0.15) is 0 Å². The van der Waals surface area contributed by atoms with Crippen LogP contribution in [0.3, 0.4) is 0 Å². The first-order valence-electron chi connectivity index (χ1n) is 6.84. The van der Waals surface area contributed by atoms with Crippen LogP contribution in [0.25, 0.3) is 0 Å². The minimum absolute atomic E-state index is 0.193. The summed E-state index contributed by atoms with van der Waals surface area (Å²) in [6.45, 7) is 1.95. The van der Waals surface area contributed by atoms with Crippen molar-refractivity contribution in [2.45, 2.75) is 38.6 Å². The van der Waals surface area contributed by atoms with Gasteiger partial charge in [0.2, 0.25) is 0 Å². The van der Waals surface area contributed by atoms with Gasteiger partial charge in [0.1, 0.15) is 5.75 Å². The summed E-state index contributed by atoms with van der Waals surface area (Å²) in [6, 6.07) is 4.08. The molecular weight excluding hydrogens is 278 g/mol. The number of benzene rings is 1. The number of hydrogen-bond donors (Lipinski definition) is 2. The molecule has 1 aliphatic carbocycles. The fourth-order valence-electron chi connectivity index (χ4n) is 2.65. The summed E-state index contributed by atoms with van der Waals surface area (Å²) in [5, 5.41) is 13.1. The Morgan fingerprint density at radius 1 is 1.35 bits per heavy atom. The third-order valence-corrected chi connectivity index (χ3v) is 4.32. The second-order valence-corrected chi connectivity index (χ2v) is 5.74. The first-order chi connectivity index (χ1) is 9.51. The number of halogens is 1. The average molecular weight is 298 g/mol. The van der Waals surface area contributed by atoms with Crippen LogP contribution in [-0.4, -0.2) is 24.2 Å². The largest absolute Gasteiger partial charge is 0.495 e. The molecule has 1 aromatic rings. The van der Waals surface area contributed by atoms with Crippen molar-refractivity contribution in [1.29, 1.82) is 0 Å². The summed E-state index contributed by atoms with van der Waals surface area (Å²) in [5.41, 5.74) is 1.92. The average Bonchev–Trinajstić information content (AvgIpc) is 2.43. The lowest BCUT2D eigenvalue weighted by molar-refractivity contribution is -0.142. The number of carbonyl (C=O) groups is 1. The van der Waals surface area contributed by atoms with Crippen LogP contribution in [-0.2, 0) is 4.79 Å². The van der Waals surface area contributed by atoms with Gasteiger partial charge >= 0.3 is 5.97 Å². The molecule has 1 saturated carbocycles. The molecule has 0 atom stereocenters. The normalized spacial score (nSPS) is 22.4. The zero-order chi connectivity index (χ0) is 14.7. The van der Waals surface area contributed by atoms with E-state index < -0.39 is 5.97 Å². The molecule has 2 N–H and O–H groups in total. The van der Waals surface area contributed by atoms with Crippen LogP contribution < -0.4 is 10.1 Å². The number of nitrogens with one attached hydrogen (secondary N) is 1. The van der Waals surface area contributed by atoms with Gasteiger partial charge in [-0.1, -0.05) is 11.6 Å². The van der Waals surface area contributed by atoms with Gasteiger partial charge in [-0.3, -0.25) is 4.79 Å². The molecule has 0 heterocycles. The Kier molecular flexibility index (Phi) is 4.76. The van der Waals surface area contributed by atoms with E-state index in [0.29, 0.717) is 11.1 Å². The monoisotopic (exact) mass is 297 g/mol. The molecule has 4 nitrogen and oxygen atoms in total. The van der Waals surface area contributed by atoms with Gasteiger partial charge in [-0.05, 0) is 44.2 Å². The highest BCUT2D eigenvalue weighted by Crippen LogP contribution is 2.34. The molecule has 0 saturated heterocycles. The summed E-state index contributed by atoms with van der Waals surface area (Å²) < 4.78 is 5.34. The highest BCUT2D eigenvalue weighted by molar-refractivity contribution is 6.31. The molecule has 20 heavy (non-hydrogen) atoms. The number of anilines is 1. The van der Waals surface area contributed by atoms with Crippen molar-refractivity contribution < 1.29 is 14.6 Å². The maximum atomic E-state index is 10.9. The van der Waals surface area contributed by atoms with Crippen molar-refractivity contribution in [3.63, 3.8) is 0 Å². The van der Waals surface area contributed by atoms with Gasteiger partial charge in [0.25, 0.3) is 0 Å². The second kappa shape index (κ2) is 6.35. The Bertz CT molecular complexity index is 496. The fourth-order valence-corrected chi connectivity index (χ4v) is 2.80. The van der Waals surface area contributed by atoms with Crippen LogP contribution in [0.5, 0.6) is 5.75 Å². The van der Waals surface area contributed by atoms with E-state index in [1.54, 1.807) is 7.11 Å². The Morgan fingerprint density at radius 2 is 2.00 bits per heavy atom. The Hall–Kier alpha value is -1.42. The van der Waals surface area contributed by atoms with E-state index in [4.69, 9.17) is 21.4 Å². The Morgan fingerprint density at radius 3 is 2.55 bits per heavy atom. The van der Waals surface area contributed by atoms with Gasteiger partial charge in [-0.15, -0.1) is 0 Å². The molecule has 0 amide bonds. The summed E-state index contributed by atoms with van der Waals surface area (Å²) >= 11 is 6.09. The molecular formula is C15H20ClNO3. The topological polar surface area (TPSA) is 58.6 Å². The quantitative estimate of drug-likeness (QED) is 0.889. The zero-order valence-electron chi connectivity index (χ0n) is 11.8. The van der Waals surface area contributed by atoms with E-state index in [9.17, 15) is 4.79 Å². The van der Waals surface area contributed by atoms with Crippen molar-refractivity contribution in [3.8, 4) is 5.75 Å². The van der Waals surface area contributed by atoms with E-state index in [1.807, 2.05) is 19.1 Å². The molecule has 0 aromatic heterocycles. The van der Waals surface area contributed by atoms with Crippen molar-refractivity contribution in [3.05, 3.63) is 22.7 Å². The highest BCUT2D eigenvalue weighted by atomic mass is 35.5. The van der Waals surface area contributed by atoms with E-state index >= 15 is 0 Å². The predicted octanol–water partition coefficient (Wildman–Crippen LogP) is 3.71. The lowest BCUT2D eigenvalue weighted by Crippen LogP contribution is -2.29. The zero-order valence-corrected chi connectivity index (χ0v) is 12.5. The minimum Gasteiger partial charge on any atom is -0.495 e. The van der Waals surface area contributed by atoms with Gasteiger partial charge in [0, 0.05) is 17.1 Å². The standard InChI is InChI=1S/C15H20ClNO3/c1-9-7-13(14(20-2)8-12(9)16)17-11-5-3-10(4-6-11)15(18)19/h7-8,10-11,17H,3-6H2,1-2H3,(H,18,19). The molecule has 110 valence electrons. The fraction of sp³-hybridized carbons (Fsp3) is 0.533. The van der Waals surface area contributed by atoms with Gasteiger partial charge in [0.15, 0.2) is 0 Å². The van der Waals surface area contributed by atoms with Crippen molar-refractivity contribution >= 4 is 23.3 Å². The van der Waals surface area contributed by atoms with E-state index in [2.05, 4.69) is 5.32 Å². The molecule has 0 spiro atoms.